The van der Waals surface area contributed by atoms with Crippen molar-refractivity contribution >= 4 is 50.4 Å². The fraction of sp³-hybridized carbons (Fsp3) is 0.0256. The minimum atomic E-state index is -5.58. The molecule has 0 radical (unpaired) electrons. The van der Waals surface area contributed by atoms with Gasteiger partial charge in [0.1, 0.15) is 23.2 Å². The van der Waals surface area contributed by atoms with Gasteiger partial charge < -0.3 is 14.0 Å². The smallest absolute Gasteiger partial charge is 0.489 e. The second-order valence-electron chi connectivity index (χ2n) is 13.5. The maximum Gasteiger partial charge on any atom is 0.864 e. The molecule has 0 heterocycles. The maximum absolute atomic E-state index is 16.1. The average molecular weight is 930 g/mol. The van der Waals surface area contributed by atoms with Gasteiger partial charge in [0.15, 0.2) is 92.9 Å². The Labute approximate surface area is 336 Å². The lowest BCUT2D eigenvalue weighted by molar-refractivity contribution is 0.0401. The van der Waals surface area contributed by atoms with E-state index >= 15 is 61.5 Å². The van der Waals surface area contributed by atoms with Crippen molar-refractivity contribution in [3.63, 3.8) is 0 Å². The molecule has 8 aromatic rings. The van der Waals surface area contributed by atoms with E-state index in [9.17, 15) is 30.7 Å². The Hall–Kier alpha value is -6.95. The van der Waals surface area contributed by atoms with Crippen LogP contribution in [0.1, 0.15) is 11.1 Å². The first-order chi connectivity index (χ1) is 29.9. The minimum absolute atomic E-state index is 0.0586. The van der Waals surface area contributed by atoms with Crippen molar-refractivity contribution in [2.45, 2.75) is 5.92 Å². The van der Waals surface area contributed by atoms with Gasteiger partial charge in [0.05, 0.1) is 38.1 Å². The molecule has 25 heteroatoms. The van der Waals surface area contributed by atoms with Gasteiger partial charge in [0, 0.05) is 33.4 Å². The van der Waals surface area contributed by atoms with E-state index in [1.165, 1.54) is 0 Å². The summed E-state index contributed by atoms with van der Waals surface area (Å²) in [6.07, 6.45) is 0. The van der Waals surface area contributed by atoms with E-state index in [1.807, 2.05) is 0 Å². The van der Waals surface area contributed by atoms with Gasteiger partial charge in [0.25, 0.3) is 0 Å². The van der Waals surface area contributed by atoms with Crippen molar-refractivity contribution in [3.8, 4) is 28.4 Å². The molecule has 9 rings (SSSR count). The highest BCUT2D eigenvalue weighted by molar-refractivity contribution is 6.40. The molecular formula is C39H4BF21O3. The highest BCUT2D eigenvalue weighted by atomic mass is 19.3. The normalized spacial score (nSPS) is 13.2. The number of benzene rings is 8. The molecule has 0 saturated carbocycles. The minimum Gasteiger partial charge on any atom is -0.489 e. The van der Waals surface area contributed by atoms with Gasteiger partial charge in [-0.05, 0) is 18.2 Å². The van der Waals surface area contributed by atoms with Gasteiger partial charge >= 0.3 is 13.2 Å². The fourth-order valence-electron chi connectivity index (χ4n) is 7.58. The van der Waals surface area contributed by atoms with Gasteiger partial charge in [-0.15, -0.1) is 0 Å². The van der Waals surface area contributed by atoms with Crippen LogP contribution in [0.3, 0.4) is 0 Å². The second kappa shape index (κ2) is 13.8. The van der Waals surface area contributed by atoms with Crippen LogP contribution < -0.4 is 14.0 Å². The summed E-state index contributed by atoms with van der Waals surface area (Å²) in [5.74, 6) is -62.1. The number of hydrogen-bond acceptors (Lipinski definition) is 3. The number of hydrogen-bond donors (Lipinski definition) is 0. The van der Waals surface area contributed by atoms with Crippen LogP contribution in [-0.4, -0.2) is 7.32 Å². The molecule has 8 aromatic carbocycles. The van der Waals surface area contributed by atoms with Crippen LogP contribution in [0, 0.1) is 111 Å². The topological polar surface area (TPSA) is 27.7 Å². The summed E-state index contributed by atoms with van der Waals surface area (Å²) in [5, 5.41) is -14.4. The van der Waals surface area contributed by atoms with Gasteiger partial charge in [-0.3, -0.25) is 0 Å². The first-order valence-corrected chi connectivity index (χ1v) is 16.9. The molecule has 1 aliphatic rings. The first-order valence-electron chi connectivity index (χ1n) is 16.9. The Kier molecular flexibility index (Phi) is 9.12. The Morgan fingerprint density at radius 1 is 0.344 bits per heavy atom. The SMILES string of the molecule is Fc1cc(F)c2c(F)ccc(OB(Oc3c(F)c(F)c(F)c4c3C(F)(F)c3c(F)c(F)c(F)c(F)c3-4)Oc3c(F)c(F)c4c(F)c(F)c5c(F)c(F)c(F)c6c(F)c(F)c3c4c56)c2c1. The summed E-state index contributed by atoms with van der Waals surface area (Å²) in [5.41, 5.74) is -9.91. The molecule has 0 spiro atoms. The van der Waals surface area contributed by atoms with Crippen molar-refractivity contribution in [3.05, 3.63) is 146 Å². The zero-order valence-electron chi connectivity index (χ0n) is 29.5. The zero-order valence-corrected chi connectivity index (χ0v) is 29.5. The van der Waals surface area contributed by atoms with E-state index in [-0.39, 0.29) is 18.2 Å². The first kappa shape index (κ1) is 42.4. The highest BCUT2D eigenvalue weighted by Crippen LogP contribution is 2.59. The lowest BCUT2D eigenvalue weighted by atomic mass is 9.90. The Morgan fingerprint density at radius 3 is 1.34 bits per heavy atom. The summed E-state index contributed by atoms with van der Waals surface area (Å²) < 4.78 is 335. The van der Waals surface area contributed by atoms with E-state index in [4.69, 9.17) is 14.0 Å². The molecule has 328 valence electrons. The van der Waals surface area contributed by atoms with Gasteiger partial charge in [0.2, 0.25) is 11.6 Å². The molecule has 0 bridgehead atoms. The van der Waals surface area contributed by atoms with E-state index in [2.05, 4.69) is 0 Å². The molecule has 0 saturated heterocycles. The predicted octanol–water partition coefficient (Wildman–Crippen LogP) is 13.0. The van der Waals surface area contributed by atoms with Crippen LogP contribution in [0.2, 0.25) is 0 Å². The molecule has 1 aliphatic carbocycles. The van der Waals surface area contributed by atoms with Crippen LogP contribution in [0.4, 0.5) is 92.2 Å². The molecule has 64 heavy (non-hydrogen) atoms. The van der Waals surface area contributed by atoms with Gasteiger partial charge in [-0.2, -0.15) is 17.6 Å². The zero-order chi connectivity index (χ0) is 46.7. The van der Waals surface area contributed by atoms with E-state index in [1.54, 1.807) is 0 Å². The highest BCUT2D eigenvalue weighted by Gasteiger charge is 2.56. The van der Waals surface area contributed by atoms with E-state index < -0.39 is 206 Å². The summed E-state index contributed by atoms with van der Waals surface area (Å²) in [6.45, 7) is 0. The Bertz CT molecular complexity index is 3440. The number of fused-ring (bicyclic) bond motifs is 4. The third-order valence-electron chi connectivity index (χ3n) is 10.2. The lowest BCUT2D eigenvalue weighted by Gasteiger charge is -2.24. The van der Waals surface area contributed by atoms with Crippen LogP contribution in [0.15, 0.2) is 24.3 Å². The summed E-state index contributed by atoms with van der Waals surface area (Å²) >= 11 is 0. The quantitative estimate of drug-likeness (QED) is 0.0547. The molecular weight excluding hydrogens is 926 g/mol. The number of halogens is 21. The molecule has 0 aliphatic heterocycles. The largest absolute Gasteiger partial charge is 0.864 e. The van der Waals surface area contributed by atoms with Crippen molar-refractivity contribution in [1.29, 1.82) is 0 Å². The molecule has 0 atom stereocenters. The summed E-state index contributed by atoms with van der Waals surface area (Å²) in [7, 11) is -3.77. The van der Waals surface area contributed by atoms with Crippen LogP contribution in [0.5, 0.6) is 17.2 Å². The average Bonchev–Trinajstić information content (AvgIpc) is 3.49. The Balaban J connectivity index is 1.36. The summed E-state index contributed by atoms with van der Waals surface area (Å²) in [6, 6.07) is 0.857. The van der Waals surface area contributed by atoms with Gasteiger partial charge in [-0.1, -0.05) is 0 Å². The summed E-state index contributed by atoms with van der Waals surface area (Å²) in [4.78, 5) is 0. The van der Waals surface area contributed by atoms with Crippen LogP contribution >= 0.6 is 0 Å². The molecule has 3 nitrogen and oxygen atoms in total. The molecule has 0 unspecified atom stereocenters. The monoisotopic (exact) mass is 930 g/mol. The van der Waals surface area contributed by atoms with Crippen LogP contribution in [-0.2, 0) is 5.92 Å². The molecule has 0 N–H and O–H groups in total. The molecule has 0 aromatic heterocycles. The lowest BCUT2D eigenvalue weighted by Crippen LogP contribution is -2.38. The fourth-order valence-corrected chi connectivity index (χ4v) is 7.58. The van der Waals surface area contributed by atoms with Crippen molar-refractivity contribution in [2.75, 3.05) is 0 Å². The third kappa shape index (κ3) is 5.31. The number of alkyl halides is 2. The third-order valence-corrected chi connectivity index (χ3v) is 10.2. The van der Waals surface area contributed by atoms with Crippen LogP contribution in [0.25, 0.3) is 54.2 Å². The van der Waals surface area contributed by atoms with Crippen molar-refractivity contribution in [1.82, 2.24) is 0 Å². The predicted molar refractivity (Wildman–Crippen MR) is 176 cm³/mol. The maximum atomic E-state index is 16.1. The molecule has 0 amide bonds. The number of rotatable bonds is 6. The standard InChI is InChI=1S/C39H4BF21O3/c41-5-3-6-9(2-1-7(42)10(6)8(43)4-5)62-40(64-38-20-14(22(45)33(56)36(38)59)13-19(39(20,60)61)30(53)34(57)32(55)21(13)44)63-37-18-12-11-15(23(46)24(47)17(12)28(51)35(37)58)26(49)31(54)27(50)16(11)25(48)29(18)52/h1-4H. The van der Waals surface area contributed by atoms with Crippen molar-refractivity contribution < 1.29 is 106 Å². The second-order valence-corrected chi connectivity index (χ2v) is 13.5. The molecule has 0 fully saturated rings. The van der Waals surface area contributed by atoms with Gasteiger partial charge in [-0.25, -0.2) is 74.6 Å². The van der Waals surface area contributed by atoms with E-state index in [0.717, 1.165) is 0 Å². The van der Waals surface area contributed by atoms with Crippen molar-refractivity contribution in [2.24, 2.45) is 0 Å². The van der Waals surface area contributed by atoms with E-state index in [0.29, 0.717) is 6.07 Å². The Morgan fingerprint density at radius 2 is 0.766 bits per heavy atom.